The predicted octanol–water partition coefficient (Wildman–Crippen LogP) is 0.0230. The first-order chi connectivity index (χ1) is 7.65. The molecule has 0 aliphatic carbocycles. The minimum Gasteiger partial charge on any atom is -0.493 e. The highest BCUT2D eigenvalue weighted by Crippen LogP contribution is 2.32. The molecule has 0 fully saturated rings. The molecule has 1 heterocycles. The molecule has 0 bridgehead atoms. The molecule has 2 N–H and O–H groups in total. The molecule has 16 heavy (non-hydrogen) atoms. The van der Waals surface area contributed by atoms with Gasteiger partial charge in [-0.3, -0.25) is 0 Å². The molecule has 2 radical (unpaired) electrons. The molecule has 2 rings (SSSR count). The molecular formula is C10H10BN3O2. The van der Waals surface area contributed by atoms with Crippen molar-refractivity contribution in [2.45, 2.75) is 0 Å². The summed E-state index contributed by atoms with van der Waals surface area (Å²) in [6, 6.07) is 3.44. The molecule has 0 unspecified atom stereocenters. The summed E-state index contributed by atoms with van der Waals surface area (Å²) in [6.45, 7) is 0. The SMILES string of the molecule is [B]c1nc(N)c2cc(OC)c(OC)cc2n1. The maximum absolute atomic E-state index is 5.74. The fourth-order valence-corrected chi connectivity index (χ4v) is 1.50. The maximum atomic E-state index is 5.74. The third-order valence-corrected chi connectivity index (χ3v) is 2.25. The van der Waals surface area contributed by atoms with Crippen LogP contribution in [-0.2, 0) is 0 Å². The highest BCUT2D eigenvalue weighted by molar-refractivity contribution is 6.29. The van der Waals surface area contributed by atoms with E-state index in [1.807, 2.05) is 0 Å². The zero-order valence-electron chi connectivity index (χ0n) is 9.02. The Labute approximate surface area is 94.0 Å². The lowest BCUT2D eigenvalue weighted by molar-refractivity contribution is 0.356. The number of aromatic nitrogens is 2. The van der Waals surface area contributed by atoms with Crippen molar-refractivity contribution in [1.82, 2.24) is 9.97 Å². The van der Waals surface area contributed by atoms with Crippen LogP contribution < -0.4 is 20.9 Å². The summed E-state index contributed by atoms with van der Waals surface area (Å²) in [7, 11) is 8.62. The molecule has 0 spiro atoms. The number of rotatable bonds is 2. The number of anilines is 1. The van der Waals surface area contributed by atoms with E-state index in [0.29, 0.717) is 28.2 Å². The Bertz CT molecular complexity index is 545. The van der Waals surface area contributed by atoms with Crippen molar-refractivity contribution in [1.29, 1.82) is 0 Å². The first-order valence-corrected chi connectivity index (χ1v) is 4.60. The number of nitrogen functional groups attached to an aromatic ring is 1. The van der Waals surface area contributed by atoms with Crippen molar-refractivity contribution < 1.29 is 9.47 Å². The minimum absolute atomic E-state index is 0.136. The Kier molecular flexibility index (Phi) is 2.56. The smallest absolute Gasteiger partial charge is 0.170 e. The second kappa shape index (κ2) is 3.88. The van der Waals surface area contributed by atoms with Crippen molar-refractivity contribution in [3.63, 3.8) is 0 Å². The standard InChI is InChI=1S/C10H10BN3O2/c1-15-7-3-5-6(4-8(7)16-2)13-10(11)14-9(5)12/h3-4H,1-2H3,(H2,12,13,14). The molecular weight excluding hydrogens is 205 g/mol. The number of ether oxygens (including phenoxy) is 2. The van der Waals surface area contributed by atoms with Gasteiger partial charge in [0, 0.05) is 11.5 Å². The predicted molar refractivity (Wildman–Crippen MR) is 62.4 cm³/mol. The van der Waals surface area contributed by atoms with Crippen LogP contribution in [0.1, 0.15) is 0 Å². The number of methoxy groups -OCH3 is 2. The van der Waals surface area contributed by atoms with Crippen LogP contribution in [0.4, 0.5) is 5.82 Å². The van der Waals surface area contributed by atoms with E-state index in [1.165, 1.54) is 0 Å². The van der Waals surface area contributed by atoms with Gasteiger partial charge in [0.15, 0.2) is 19.3 Å². The summed E-state index contributed by atoms with van der Waals surface area (Å²) in [5, 5.41) is 0.687. The highest BCUT2D eigenvalue weighted by atomic mass is 16.5. The molecule has 0 saturated carbocycles. The lowest BCUT2D eigenvalue weighted by atomic mass is 10.1. The van der Waals surface area contributed by atoms with Gasteiger partial charge in [0.25, 0.3) is 0 Å². The van der Waals surface area contributed by atoms with Gasteiger partial charge in [-0.15, -0.1) is 0 Å². The van der Waals surface area contributed by atoms with E-state index in [4.69, 9.17) is 23.1 Å². The largest absolute Gasteiger partial charge is 0.493 e. The van der Waals surface area contributed by atoms with E-state index in [-0.39, 0.29) is 5.72 Å². The Morgan fingerprint density at radius 1 is 1.12 bits per heavy atom. The number of nitrogens with two attached hydrogens (primary N) is 1. The fraction of sp³-hybridized carbons (Fsp3) is 0.200. The normalized spacial score (nSPS) is 10.4. The van der Waals surface area contributed by atoms with E-state index in [9.17, 15) is 0 Å². The van der Waals surface area contributed by atoms with E-state index >= 15 is 0 Å². The van der Waals surface area contributed by atoms with Crippen molar-refractivity contribution in [2.24, 2.45) is 0 Å². The average molecular weight is 215 g/mol. The topological polar surface area (TPSA) is 70.3 Å². The third kappa shape index (κ3) is 1.62. The average Bonchev–Trinajstić information content (AvgIpc) is 2.27. The summed E-state index contributed by atoms with van der Waals surface area (Å²) >= 11 is 0. The molecule has 0 aliphatic rings. The first-order valence-electron chi connectivity index (χ1n) is 4.60. The van der Waals surface area contributed by atoms with Crippen molar-refractivity contribution in [3.05, 3.63) is 12.1 Å². The van der Waals surface area contributed by atoms with Gasteiger partial charge < -0.3 is 15.2 Å². The van der Waals surface area contributed by atoms with Gasteiger partial charge in [-0.2, -0.15) is 0 Å². The Balaban J connectivity index is 2.78. The van der Waals surface area contributed by atoms with Crippen LogP contribution in [0, 0.1) is 0 Å². The molecule has 0 atom stereocenters. The molecule has 2 aromatic rings. The van der Waals surface area contributed by atoms with Gasteiger partial charge in [-0.25, -0.2) is 9.97 Å². The van der Waals surface area contributed by atoms with E-state index in [0.717, 1.165) is 0 Å². The van der Waals surface area contributed by atoms with Crippen LogP contribution in [0.3, 0.4) is 0 Å². The lowest BCUT2D eigenvalue weighted by Gasteiger charge is -2.10. The summed E-state index contributed by atoms with van der Waals surface area (Å²) in [5.41, 5.74) is 6.51. The van der Waals surface area contributed by atoms with Crippen LogP contribution in [0.25, 0.3) is 10.9 Å². The van der Waals surface area contributed by atoms with Crippen LogP contribution in [-0.4, -0.2) is 32.0 Å². The summed E-state index contributed by atoms with van der Waals surface area (Å²) in [4.78, 5) is 7.95. The van der Waals surface area contributed by atoms with Crippen LogP contribution in [0.15, 0.2) is 12.1 Å². The number of fused-ring (bicyclic) bond motifs is 1. The number of hydrogen-bond donors (Lipinski definition) is 1. The molecule has 1 aromatic carbocycles. The quantitative estimate of drug-likeness (QED) is 0.715. The number of benzene rings is 1. The summed E-state index contributed by atoms with van der Waals surface area (Å²) < 4.78 is 10.3. The summed E-state index contributed by atoms with van der Waals surface area (Å²) in [6.07, 6.45) is 0. The van der Waals surface area contributed by atoms with Crippen LogP contribution in [0.2, 0.25) is 0 Å². The van der Waals surface area contributed by atoms with E-state index in [2.05, 4.69) is 9.97 Å². The first kappa shape index (κ1) is 10.5. The van der Waals surface area contributed by atoms with Crippen LogP contribution >= 0.6 is 0 Å². The molecule has 6 heteroatoms. The van der Waals surface area contributed by atoms with Gasteiger partial charge in [0.2, 0.25) is 0 Å². The van der Waals surface area contributed by atoms with E-state index in [1.54, 1.807) is 26.4 Å². The van der Waals surface area contributed by atoms with Gasteiger partial charge in [0.1, 0.15) is 5.82 Å². The second-order valence-corrected chi connectivity index (χ2v) is 3.19. The monoisotopic (exact) mass is 215 g/mol. The van der Waals surface area contributed by atoms with Gasteiger partial charge in [-0.05, 0) is 6.07 Å². The van der Waals surface area contributed by atoms with Gasteiger partial charge >= 0.3 is 0 Å². The molecule has 5 nitrogen and oxygen atoms in total. The van der Waals surface area contributed by atoms with Crippen molar-refractivity contribution >= 4 is 30.3 Å². The number of hydrogen-bond acceptors (Lipinski definition) is 5. The van der Waals surface area contributed by atoms with Crippen molar-refractivity contribution in [2.75, 3.05) is 20.0 Å². The molecule has 1 aromatic heterocycles. The fourth-order valence-electron chi connectivity index (χ4n) is 1.50. The second-order valence-electron chi connectivity index (χ2n) is 3.19. The molecule has 80 valence electrons. The Hall–Kier alpha value is -1.98. The zero-order chi connectivity index (χ0) is 11.7. The molecule has 0 aliphatic heterocycles. The Morgan fingerprint density at radius 3 is 2.38 bits per heavy atom. The maximum Gasteiger partial charge on any atom is 0.170 e. The van der Waals surface area contributed by atoms with Gasteiger partial charge in [-0.1, -0.05) is 0 Å². The lowest BCUT2D eigenvalue weighted by Crippen LogP contribution is -2.15. The Morgan fingerprint density at radius 2 is 1.75 bits per heavy atom. The van der Waals surface area contributed by atoms with Gasteiger partial charge in [0.05, 0.1) is 25.5 Å². The highest BCUT2D eigenvalue weighted by Gasteiger charge is 2.09. The van der Waals surface area contributed by atoms with E-state index < -0.39 is 0 Å². The zero-order valence-corrected chi connectivity index (χ0v) is 9.02. The number of nitrogens with zero attached hydrogens (tertiary/aromatic N) is 2. The van der Waals surface area contributed by atoms with Crippen molar-refractivity contribution in [3.8, 4) is 11.5 Å². The molecule has 0 saturated heterocycles. The van der Waals surface area contributed by atoms with Crippen LogP contribution in [0.5, 0.6) is 11.5 Å². The molecule has 0 amide bonds. The third-order valence-electron chi connectivity index (χ3n) is 2.25. The summed E-state index contributed by atoms with van der Waals surface area (Å²) in [5.74, 6) is 1.48. The minimum atomic E-state index is 0.136.